The van der Waals surface area contributed by atoms with Crippen molar-refractivity contribution in [2.75, 3.05) is 6.54 Å². The lowest BCUT2D eigenvalue weighted by Crippen LogP contribution is -2.49. The Balaban J connectivity index is 1.94. The summed E-state index contributed by atoms with van der Waals surface area (Å²) in [6.07, 6.45) is 1.62. The lowest BCUT2D eigenvalue weighted by Gasteiger charge is -2.26. The van der Waals surface area contributed by atoms with Crippen molar-refractivity contribution in [1.82, 2.24) is 25.5 Å². The van der Waals surface area contributed by atoms with Crippen LogP contribution in [0.15, 0.2) is 24.3 Å². The van der Waals surface area contributed by atoms with Gasteiger partial charge in [-0.05, 0) is 25.0 Å². The van der Waals surface area contributed by atoms with E-state index in [9.17, 15) is 4.79 Å². The Labute approximate surface area is 136 Å². The maximum Gasteiger partial charge on any atom is 0.243 e. The molecule has 1 amide bonds. The number of hydrogen-bond acceptors (Lipinski definition) is 5. The minimum absolute atomic E-state index is 0.0301. The highest BCUT2D eigenvalue weighted by Crippen LogP contribution is 2.14. The van der Waals surface area contributed by atoms with Crippen LogP contribution in [0.3, 0.4) is 0 Å². The van der Waals surface area contributed by atoms with Gasteiger partial charge in [0.1, 0.15) is 6.54 Å². The zero-order valence-electron chi connectivity index (χ0n) is 13.9. The summed E-state index contributed by atoms with van der Waals surface area (Å²) in [5, 5.41) is 15.0. The number of hydrogen-bond donors (Lipinski definition) is 2. The van der Waals surface area contributed by atoms with Gasteiger partial charge in [-0.1, -0.05) is 43.7 Å². The number of tetrazole rings is 1. The molecule has 0 atom stereocenters. The lowest BCUT2D eigenvalue weighted by atomic mass is 9.94. The van der Waals surface area contributed by atoms with Crippen molar-refractivity contribution in [1.29, 1.82) is 0 Å². The van der Waals surface area contributed by atoms with Crippen molar-refractivity contribution in [3.05, 3.63) is 29.8 Å². The molecule has 3 N–H and O–H groups in total. The van der Waals surface area contributed by atoms with E-state index in [4.69, 9.17) is 5.73 Å². The minimum atomic E-state index is -0.363. The van der Waals surface area contributed by atoms with Crippen LogP contribution in [-0.2, 0) is 11.3 Å². The quantitative estimate of drug-likeness (QED) is 0.802. The first kappa shape index (κ1) is 17.1. The van der Waals surface area contributed by atoms with Gasteiger partial charge in [0.2, 0.25) is 11.7 Å². The summed E-state index contributed by atoms with van der Waals surface area (Å²) in [4.78, 5) is 13.3. The van der Waals surface area contributed by atoms with Gasteiger partial charge in [0.05, 0.1) is 0 Å². The van der Waals surface area contributed by atoms with E-state index in [1.54, 1.807) is 0 Å². The molecule has 0 saturated carbocycles. The molecule has 0 unspecified atom stereocenters. The molecule has 7 heteroatoms. The van der Waals surface area contributed by atoms with Gasteiger partial charge < -0.3 is 11.1 Å². The van der Waals surface area contributed by atoms with Crippen molar-refractivity contribution in [3.8, 4) is 11.4 Å². The zero-order valence-corrected chi connectivity index (χ0v) is 13.9. The molecule has 23 heavy (non-hydrogen) atoms. The summed E-state index contributed by atoms with van der Waals surface area (Å²) in [5.74, 6) is 0.336. The third-order valence-corrected chi connectivity index (χ3v) is 4.09. The topological polar surface area (TPSA) is 98.7 Å². The molecule has 1 aromatic heterocycles. The third kappa shape index (κ3) is 4.59. The predicted molar refractivity (Wildman–Crippen MR) is 88.5 cm³/mol. The molecule has 0 fully saturated rings. The van der Waals surface area contributed by atoms with E-state index in [-0.39, 0.29) is 18.0 Å². The van der Waals surface area contributed by atoms with E-state index in [1.807, 2.05) is 45.0 Å². The summed E-state index contributed by atoms with van der Waals surface area (Å²) in [7, 11) is 0. The van der Waals surface area contributed by atoms with Gasteiger partial charge in [0.25, 0.3) is 0 Å². The SMILES string of the molecule is CCC(N)(CC)CNC(=O)Cn1nnc(-c2ccc(C)cc2)n1. The molecule has 0 aliphatic carbocycles. The van der Waals surface area contributed by atoms with E-state index < -0.39 is 0 Å². The second kappa shape index (κ2) is 7.32. The molecule has 124 valence electrons. The van der Waals surface area contributed by atoms with E-state index in [0.29, 0.717) is 12.4 Å². The molecule has 0 spiro atoms. The normalized spacial score (nSPS) is 11.5. The van der Waals surface area contributed by atoms with Gasteiger partial charge >= 0.3 is 0 Å². The van der Waals surface area contributed by atoms with Crippen LogP contribution in [0.4, 0.5) is 0 Å². The van der Waals surface area contributed by atoms with Crippen molar-refractivity contribution in [2.45, 2.75) is 45.7 Å². The highest BCUT2D eigenvalue weighted by Gasteiger charge is 2.21. The predicted octanol–water partition coefficient (Wildman–Crippen LogP) is 1.28. The standard InChI is InChI=1S/C16H24N6O/c1-4-16(17,5-2)11-18-14(23)10-22-20-15(19-21-22)13-8-6-12(3)7-9-13/h6-9H,4-5,10-11,17H2,1-3H3,(H,18,23). The Kier molecular flexibility index (Phi) is 5.44. The molecule has 1 aromatic carbocycles. The monoisotopic (exact) mass is 316 g/mol. The fourth-order valence-corrected chi connectivity index (χ4v) is 2.09. The zero-order chi connectivity index (χ0) is 16.9. The number of aryl methyl sites for hydroxylation is 1. The number of amides is 1. The summed E-state index contributed by atoms with van der Waals surface area (Å²) >= 11 is 0. The fourth-order valence-electron chi connectivity index (χ4n) is 2.09. The summed E-state index contributed by atoms with van der Waals surface area (Å²) in [6.45, 7) is 6.52. The molecule has 1 heterocycles. The molecule has 0 aliphatic heterocycles. The van der Waals surface area contributed by atoms with Crippen molar-refractivity contribution >= 4 is 5.91 Å². The van der Waals surface area contributed by atoms with E-state index >= 15 is 0 Å². The Morgan fingerprint density at radius 3 is 2.52 bits per heavy atom. The number of benzene rings is 1. The molecule has 0 bridgehead atoms. The third-order valence-electron chi connectivity index (χ3n) is 4.09. The van der Waals surface area contributed by atoms with E-state index in [1.165, 1.54) is 4.80 Å². The number of carbonyl (C=O) groups is 1. The Morgan fingerprint density at radius 2 is 1.91 bits per heavy atom. The number of nitrogens with two attached hydrogens (primary N) is 1. The molecule has 0 radical (unpaired) electrons. The van der Waals surface area contributed by atoms with Crippen LogP contribution in [0, 0.1) is 6.92 Å². The largest absolute Gasteiger partial charge is 0.353 e. The first-order valence-corrected chi connectivity index (χ1v) is 7.86. The average molecular weight is 316 g/mol. The van der Waals surface area contributed by atoms with E-state index in [2.05, 4.69) is 20.7 Å². The average Bonchev–Trinajstić information content (AvgIpc) is 3.01. The lowest BCUT2D eigenvalue weighted by molar-refractivity contribution is -0.122. The number of carbonyl (C=O) groups excluding carboxylic acids is 1. The summed E-state index contributed by atoms with van der Waals surface area (Å²) in [5.41, 5.74) is 7.84. The molecule has 2 aromatic rings. The van der Waals surface area contributed by atoms with Crippen molar-refractivity contribution < 1.29 is 4.79 Å². The molecule has 0 saturated heterocycles. The first-order chi connectivity index (χ1) is 11.0. The van der Waals surface area contributed by atoms with Crippen LogP contribution in [0.25, 0.3) is 11.4 Å². The number of rotatable bonds is 7. The van der Waals surface area contributed by atoms with Crippen LogP contribution < -0.4 is 11.1 Å². The van der Waals surface area contributed by atoms with Crippen LogP contribution in [0.1, 0.15) is 32.3 Å². The highest BCUT2D eigenvalue weighted by atomic mass is 16.2. The maximum absolute atomic E-state index is 12.0. The number of aromatic nitrogens is 4. The Bertz CT molecular complexity index is 645. The fraction of sp³-hybridized carbons (Fsp3) is 0.500. The van der Waals surface area contributed by atoms with Crippen molar-refractivity contribution in [3.63, 3.8) is 0 Å². The van der Waals surface area contributed by atoms with Crippen LogP contribution in [0.5, 0.6) is 0 Å². The Hall–Kier alpha value is -2.28. The second-order valence-electron chi connectivity index (χ2n) is 5.86. The second-order valence-corrected chi connectivity index (χ2v) is 5.86. The maximum atomic E-state index is 12.0. The van der Waals surface area contributed by atoms with Crippen molar-refractivity contribution in [2.24, 2.45) is 5.73 Å². The summed E-state index contributed by atoms with van der Waals surface area (Å²) in [6, 6.07) is 7.84. The molecular weight excluding hydrogens is 292 g/mol. The Morgan fingerprint density at radius 1 is 1.26 bits per heavy atom. The molecule has 0 aliphatic rings. The van der Waals surface area contributed by atoms with Crippen LogP contribution in [-0.4, -0.2) is 38.2 Å². The first-order valence-electron chi connectivity index (χ1n) is 7.86. The number of nitrogens with zero attached hydrogens (tertiary/aromatic N) is 4. The minimum Gasteiger partial charge on any atom is -0.353 e. The van der Waals surface area contributed by atoms with Crippen LogP contribution >= 0.6 is 0 Å². The molecule has 7 nitrogen and oxygen atoms in total. The van der Waals surface area contributed by atoms with Gasteiger partial charge in [0, 0.05) is 17.6 Å². The summed E-state index contributed by atoms with van der Waals surface area (Å²) < 4.78 is 0. The molecule has 2 rings (SSSR count). The van der Waals surface area contributed by atoms with Gasteiger partial charge in [-0.2, -0.15) is 4.80 Å². The van der Waals surface area contributed by atoms with Gasteiger partial charge in [-0.25, -0.2) is 0 Å². The van der Waals surface area contributed by atoms with Crippen LogP contribution in [0.2, 0.25) is 0 Å². The van der Waals surface area contributed by atoms with Gasteiger partial charge in [0.15, 0.2) is 0 Å². The van der Waals surface area contributed by atoms with Gasteiger partial charge in [-0.15, -0.1) is 10.2 Å². The van der Waals surface area contributed by atoms with E-state index in [0.717, 1.165) is 24.0 Å². The highest BCUT2D eigenvalue weighted by molar-refractivity contribution is 5.75. The smallest absolute Gasteiger partial charge is 0.243 e. The number of nitrogens with one attached hydrogen (secondary N) is 1. The van der Waals surface area contributed by atoms with Gasteiger partial charge in [-0.3, -0.25) is 4.79 Å². The molecular formula is C16H24N6O.